The maximum Gasteiger partial charge on any atom is 0.155 e. The van der Waals surface area contributed by atoms with E-state index in [9.17, 15) is 0 Å². The van der Waals surface area contributed by atoms with Gasteiger partial charge in [-0.2, -0.15) is 5.10 Å². The molecule has 0 amide bonds. The molecule has 19 heavy (non-hydrogen) atoms. The lowest BCUT2D eigenvalue weighted by molar-refractivity contribution is 0.252. The molecule has 0 aliphatic heterocycles. The number of hydrogen-bond donors (Lipinski definition) is 1. The average molecular weight is 258 g/mol. The Balaban J connectivity index is 1.70. The van der Waals surface area contributed by atoms with Crippen LogP contribution in [0.4, 0.5) is 0 Å². The summed E-state index contributed by atoms with van der Waals surface area (Å²) in [5.41, 5.74) is 3.43. The Hall–Kier alpha value is -1.42. The van der Waals surface area contributed by atoms with Crippen LogP contribution in [-0.4, -0.2) is 20.1 Å². The molecule has 2 aromatic rings. The van der Waals surface area contributed by atoms with Gasteiger partial charge in [0.2, 0.25) is 0 Å². The summed E-state index contributed by atoms with van der Waals surface area (Å²) in [5, 5.41) is 8.12. The molecule has 0 aromatic carbocycles. The zero-order valence-electron chi connectivity index (χ0n) is 11.8. The highest BCUT2D eigenvalue weighted by Crippen LogP contribution is 2.27. The summed E-state index contributed by atoms with van der Waals surface area (Å²) in [6, 6.07) is 2.00. The van der Waals surface area contributed by atoms with Gasteiger partial charge < -0.3 is 5.32 Å². The maximum atomic E-state index is 4.45. The van der Waals surface area contributed by atoms with Crippen molar-refractivity contribution < 1.29 is 0 Å². The van der Waals surface area contributed by atoms with Gasteiger partial charge in [-0.25, -0.2) is 9.50 Å². The van der Waals surface area contributed by atoms with Crippen molar-refractivity contribution in [2.75, 3.05) is 0 Å². The molecule has 3 rings (SSSR count). The third-order valence-corrected chi connectivity index (χ3v) is 4.17. The smallest absolute Gasteiger partial charge is 0.155 e. The Morgan fingerprint density at radius 1 is 1.32 bits per heavy atom. The highest BCUT2D eigenvalue weighted by Gasteiger charge is 2.25. The van der Waals surface area contributed by atoms with Gasteiger partial charge in [0.15, 0.2) is 5.65 Å². The third-order valence-electron chi connectivity index (χ3n) is 4.17. The number of rotatable bonds is 3. The molecule has 0 unspecified atom stereocenters. The van der Waals surface area contributed by atoms with Gasteiger partial charge in [-0.15, -0.1) is 0 Å². The van der Waals surface area contributed by atoms with Crippen molar-refractivity contribution in [1.82, 2.24) is 19.9 Å². The summed E-state index contributed by atoms with van der Waals surface area (Å²) < 4.78 is 1.87. The van der Waals surface area contributed by atoms with E-state index in [1.807, 2.05) is 23.7 Å². The molecule has 2 heterocycles. The second-order valence-electron chi connectivity index (χ2n) is 6.03. The van der Waals surface area contributed by atoms with Crippen LogP contribution in [0.2, 0.25) is 0 Å². The minimum Gasteiger partial charge on any atom is -0.307 e. The molecule has 1 aliphatic carbocycles. The van der Waals surface area contributed by atoms with Crippen LogP contribution in [0.25, 0.3) is 5.65 Å². The van der Waals surface area contributed by atoms with E-state index in [4.69, 9.17) is 0 Å². The van der Waals surface area contributed by atoms with Crippen LogP contribution in [0.1, 0.15) is 50.3 Å². The molecule has 1 fully saturated rings. The quantitative estimate of drug-likeness (QED) is 0.920. The Bertz CT molecular complexity index is 567. The third kappa shape index (κ3) is 2.78. The lowest BCUT2D eigenvalue weighted by Gasteiger charge is -2.34. The second-order valence-corrected chi connectivity index (χ2v) is 6.03. The van der Waals surface area contributed by atoms with Crippen molar-refractivity contribution in [3.05, 3.63) is 29.7 Å². The van der Waals surface area contributed by atoms with E-state index in [1.54, 1.807) is 0 Å². The highest BCUT2D eigenvalue weighted by atomic mass is 15.2. The second kappa shape index (κ2) is 4.93. The maximum absolute atomic E-state index is 4.45. The van der Waals surface area contributed by atoms with Gasteiger partial charge in [-0.05, 0) is 26.7 Å². The molecule has 2 aromatic heterocycles. The van der Waals surface area contributed by atoms with Crippen LogP contribution < -0.4 is 5.32 Å². The largest absolute Gasteiger partial charge is 0.307 e. The molecule has 1 aliphatic rings. The summed E-state index contributed by atoms with van der Waals surface area (Å²) in [6.07, 6.45) is 10.7. The first kappa shape index (κ1) is 12.6. The predicted molar refractivity (Wildman–Crippen MR) is 76.1 cm³/mol. The molecular formula is C15H22N4. The topological polar surface area (TPSA) is 42.2 Å². The first-order valence-electron chi connectivity index (χ1n) is 7.21. The van der Waals surface area contributed by atoms with E-state index in [1.165, 1.54) is 37.7 Å². The number of fused-ring (bicyclic) bond motifs is 1. The van der Waals surface area contributed by atoms with Crippen molar-refractivity contribution in [1.29, 1.82) is 0 Å². The molecule has 0 saturated heterocycles. The van der Waals surface area contributed by atoms with Gasteiger partial charge >= 0.3 is 0 Å². The molecule has 0 bridgehead atoms. The molecule has 0 radical (unpaired) electrons. The Morgan fingerprint density at radius 2 is 2.11 bits per heavy atom. The summed E-state index contributed by atoms with van der Waals surface area (Å²) in [4.78, 5) is 4.45. The summed E-state index contributed by atoms with van der Waals surface area (Å²) >= 11 is 0. The van der Waals surface area contributed by atoms with Crippen LogP contribution in [0, 0.1) is 6.92 Å². The van der Waals surface area contributed by atoms with Gasteiger partial charge in [0.25, 0.3) is 0 Å². The minimum atomic E-state index is 0.299. The molecule has 0 spiro atoms. The zero-order valence-corrected chi connectivity index (χ0v) is 11.8. The van der Waals surface area contributed by atoms with Gasteiger partial charge in [0.1, 0.15) is 0 Å². The van der Waals surface area contributed by atoms with Gasteiger partial charge in [0, 0.05) is 36.1 Å². The van der Waals surface area contributed by atoms with Gasteiger partial charge in [0.05, 0.1) is 5.69 Å². The first-order valence-corrected chi connectivity index (χ1v) is 7.21. The molecule has 0 atom stereocenters. The Kier molecular flexibility index (Phi) is 3.27. The van der Waals surface area contributed by atoms with Gasteiger partial charge in [-0.1, -0.05) is 19.3 Å². The number of nitrogens with zero attached hydrogens (tertiary/aromatic N) is 3. The number of aryl methyl sites for hydroxylation is 1. The van der Waals surface area contributed by atoms with E-state index >= 15 is 0 Å². The Labute approximate surface area is 114 Å². The van der Waals surface area contributed by atoms with E-state index in [-0.39, 0.29) is 0 Å². The van der Waals surface area contributed by atoms with Crippen molar-refractivity contribution in [2.45, 2.75) is 58.0 Å². The van der Waals surface area contributed by atoms with Gasteiger partial charge in [-0.3, -0.25) is 0 Å². The summed E-state index contributed by atoms with van der Waals surface area (Å²) in [5.74, 6) is 0. The highest BCUT2D eigenvalue weighted by molar-refractivity contribution is 5.38. The van der Waals surface area contributed by atoms with Crippen molar-refractivity contribution in [3.63, 3.8) is 0 Å². The number of hydrogen-bond acceptors (Lipinski definition) is 3. The normalized spacial score (nSPS) is 18.8. The van der Waals surface area contributed by atoms with Crippen LogP contribution in [0.3, 0.4) is 0 Å². The SMILES string of the molecule is Cc1cc2ncc(CNC3(C)CCCCC3)cn2n1. The lowest BCUT2D eigenvalue weighted by Crippen LogP contribution is -2.43. The molecular weight excluding hydrogens is 236 g/mol. The fraction of sp³-hybridized carbons (Fsp3) is 0.600. The zero-order chi connectivity index (χ0) is 13.3. The predicted octanol–water partition coefficient (Wildman–Crippen LogP) is 2.85. The number of aromatic nitrogens is 3. The van der Waals surface area contributed by atoms with Crippen molar-refractivity contribution in [2.24, 2.45) is 0 Å². The van der Waals surface area contributed by atoms with Crippen LogP contribution >= 0.6 is 0 Å². The van der Waals surface area contributed by atoms with E-state index < -0.39 is 0 Å². The molecule has 4 heteroatoms. The van der Waals surface area contributed by atoms with E-state index in [0.29, 0.717) is 5.54 Å². The molecule has 102 valence electrons. The average Bonchev–Trinajstić information content (AvgIpc) is 2.76. The van der Waals surface area contributed by atoms with Crippen LogP contribution in [0.15, 0.2) is 18.5 Å². The fourth-order valence-corrected chi connectivity index (χ4v) is 2.95. The minimum absolute atomic E-state index is 0.299. The van der Waals surface area contributed by atoms with E-state index in [2.05, 4.69) is 28.5 Å². The summed E-state index contributed by atoms with van der Waals surface area (Å²) in [6.45, 7) is 5.21. The summed E-state index contributed by atoms with van der Waals surface area (Å²) in [7, 11) is 0. The molecule has 4 nitrogen and oxygen atoms in total. The molecule has 1 N–H and O–H groups in total. The first-order chi connectivity index (χ1) is 9.15. The monoisotopic (exact) mass is 258 g/mol. The lowest BCUT2D eigenvalue weighted by atomic mass is 9.83. The Morgan fingerprint density at radius 3 is 2.89 bits per heavy atom. The van der Waals surface area contributed by atoms with E-state index in [0.717, 1.165) is 17.9 Å². The molecule has 1 saturated carbocycles. The number of nitrogens with one attached hydrogen (secondary N) is 1. The van der Waals surface area contributed by atoms with Crippen molar-refractivity contribution in [3.8, 4) is 0 Å². The van der Waals surface area contributed by atoms with Crippen molar-refractivity contribution >= 4 is 5.65 Å². The van der Waals surface area contributed by atoms with Crippen LogP contribution in [-0.2, 0) is 6.54 Å². The standard InChI is InChI=1S/C15H22N4/c1-12-8-14-16-9-13(11-19(14)18-12)10-17-15(2)6-4-3-5-7-15/h8-9,11,17H,3-7,10H2,1-2H3. The van der Waals surface area contributed by atoms with Crippen LogP contribution in [0.5, 0.6) is 0 Å². The fourth-order valence-electron chi connectivity index (χ4n) is 2.95.